The first-order valence-electron chi connectivity index (χ1n) is 4.20. The summed E-state index contributed by atoms with van der Waals surface area (Å²) in [5, 5.41) is 9.33. The number of benzene rings is 1. The second-order valence-electron chi connectivity index (χ2n) is 2.95. The van der Waals surface area contributed by atoms with Crippen molar-refractivity contribution in [3.05, 3.63) is 47.5 Å². The molecule has 4 nitrogen and oxygen atoms in total. The SMILES string of the molecule is O=C(O)c1cn(-c2ccc(Cl)cc2)cn1. The van der Waals surface area contributed by atoms with E-state index in [0.717, 1.165) is 5.69 Å². The molecular formula is C10H7ClN2O2. The van der Waals surface area contributed by atoms with E-state index in [2.05, 4.69) is 4.98 Å². The number of halogens is 1. The molecule has 1 aromatic carbocycles. The van der Waals surface area contributed by atoms with Gasteiger partial charge in [0.05, 0.1) is 0 Å². The Kier molecular flexibility index (Phi) is 2.43. The molecule has 15 heavy (non-hydrogen) atoms. The van der Waals surface area contributed by atoms with Crippen molar-refractivity contribution in [3.63, 3.8) is 0 Å². The highest BCUT2D eigenvalue weighted by Gasteiger charge is 2.06. The second kappa shape index (κ2) is 3.74. The van der Waals surface area contributed by atoms with E-state index in [1.165, 1.54) is 12.5 Å². The zero-order chi connectivity index (χ0) is 10.8. The van der Waals surface area contributed by atoms with Crippen LogP contribution in [0.15, 0.2) is 36.8 Å². The lowest BCUT2D eigenvalue weighted by atomic mass is 10.3. The van der Waals surface area contributed by atoms with Gasteiger partial charge in [0.15, 0.2) is 5.69 Å². The fraction of sp³-hybridized carbons (Fsp3) is 0. The Morgan fingerprint density at radius 3 is 2.53 bits per heavy atom. The van der Waals surface area contributed by atoms with Crippen LogP contribution in [0.2, 0.25) is 5.02 Å². The van der Waals surface area contributed by atoms with Crippen molar-refractivity contribution in [3.8, 4) is 5.69 Å². The number of aromatic nitrogens is 2. The summed E-state index contributed by atoms with van der Waals surface area (Å²) in [5.74, 6) is -1.04. The van der Waals surface area contributed by atoms with E-state index in [-0.39, 0.29) is 5.69 Å². The van der Waals surface area contributed by atoms with Crippen molar-refractivity contribution in [2.75, 3.05) is 0 Å². The Labute approximate surface area is 90.8 Å². The molecule has 0 fully saturated rings. The molecule has 0 radical (unpaired) electrons. The minimum Gasteiger partial charge on any atom is -0.476 e. The van der Waals surface area contributed by atoms with Crippen molar-refractivity contribution in [2.24, 2.45) is 0 Å². The van der Waals surface area contributed by atoms with Crippen LogP contribution in [-0.2, 0) is 0 Å². The fourth-order valence-corrected chi connectivity index (χ4v) is 1.31. The number of rotatable bonds is 2. The quantitative estimate of drug-likeness (QED) is 0.848. The topological polar surface area (TPSA) is 55.1 Å². The third-order valence-electron chi connectivity index (χ3n) is 1.93. The molecule has 5 heteroatoms. The zero-order valence-electron chi connectivity index (χ0n) is 7.59. The third-order valence-corrected chi connectivity index (χ3v) is 2.18. The lowest BCUT2D eigenvalue weighted by molar-refractivity contribution is 0.0691. The highest BCUT2D eigenvalue weighted by Crippen LogP contribution is 2.13. The molecule has 1 N–H and O–H groups in total. The summed E-state index contributed by atoms with van der Waals surface area (Å²) in [4.78, 5) is 14.3. The molecule has 76 valence electrons. The maximum Gasteiger partial charge on any atom is 0.356 e. The average molecular weight is 223 g/mol. The summed E-state index contributed by atoms with van der Waals surface area (Å²) in [5.41, 5.74) is 0.837. The summed E-state index contributed by atoms with van der Waals surface area (Å²) < 4.78 is 1.62. The van der Waals surface area contributed by atoms with Gasteiger partial charge in [0.1, 0.15) is 6.33 Å². The van der Waals surface area contributed by atoms with Gasteiger partial charge >= 0.3 is 5.97 Å². The summed E-state index contributed by atoms with van der Waals surface area (Å²) >= 11 is 5.74. The van der Waals surface area contributed by atoms with Gasteiger partial charge in [-0.15, -0.1) is 0 Å². The zero-order valence-corrected chi connectivity index (χ0v) is 8.35. The molecule has 1 aromatic heterocycles. The van der Waals surface area contributed by atoms with Crippen molar-refractivity contribution in [1.82, 2.24) is 9.55 Å². The molecule has 0 saturated carbocycles. The van der Waals surface area contributed by atoms with Crippen LogP contribution >= 0.6 is 11.6 Å². The largest absolute Gasteiger partial charge is 0.476 e. The lowest BCUT2D eigenvalue weighted by Crippen LogP contribution is -1.95. The highest BCUT2D eigenvalue weighted by atomic mass is 35.5. The van der Waals surface area contributed by atoms with Crippen LogP contribution in [0.25, 0.3) is 5.69 Å². The van der Waals surface area contributed by atoms with E-state index in [9.17, 15) is 4.79 Å². The molecule has 0 aliphatic heterocycles. The molecule has 0 unspecified atom stereocenters. The smallest absolute Gasteiger partial charge is 0.356 e. The number of hydrogen-bond donors (Lipinski definition) is 1. The molecule has 0 saturated heterocycles. The normalized spacial score (nSPS) is 10.2. The Morgan fingerprint density at radius 2 is 2.00 bits per heavy atom. The van der Waals surface area contributed by atoms with E-state index >= 15 is 0 Å². The van der Waals surface area contributed by atoms with E-state index in [0.29, 0.717) is 5.02 Å². The maximum absolute atomic E-state index is 10.6. The third kappa shape index (κ3) is 1.99. The van der Waals surface area contributed by atoms with Crippen LogP contribution in [0.4, 0.5) is 0 Å². The molecule has 2 rings (SSSR count). The molecule has 1 heterocycles. The van der Waals surface area contributed by atoms with E-state index < -0.39 is 5.97 Å². The van der Waals surface area contributed by atoms with Gasteiger partial charge in [-0.25, -0.2) is 9.78 Å². The first kappa shape index (κ1) is 9.73. The molecular weight excluding hydrogens is 216 g/mol. The van der Waals surface area contributed by atoms with E-state index in [4.69, 9.17) is 16.7 Å². The second-order valence-corrected chi connectivity index (χ2v) is 3.38. The Morgan fingerprint density at radius 1 is 1.33 bits per heavy atom. The van der Waals surface area contributed by atoms with Crippen LogP contribution in [-0.4, -0.2) is 20.6 Å². The predicted molar refractivity (Wildman–Crippen MR) is 55.5 cm³/mol. The van der Waals surface area contributed by atoms with Crippen LogP contribution in [0.5, 0.6) is 0 Å². The average Bonchev–Trinajstić information content (AvgIpc) is 2.68. The minimum absolute atomic E-state index is 0.0185. The summed E-state index contributed by atoms with van der Waals surface area (Å²) in [6, 6.07) is 7.04. The molecule has 0 aliphatic carbocycles. The van der Waals surface area contributed by atoms with Gasteiger partial charge in [-0.1, -0.05) is 11.6 Å². The summed E-state index contributed by atoms with van der Waals surface area (Å²) in [7, 11) is 0. The van der Waals surface area contributed by atoms with Crippen molar-refractivity contribution in [2.45, 2.75) is 0 Å². The monoisotopic (exact) mass is 222 g/mol. The standard InChI is InChI=1S/C10H7ClN2O2/c11-7-1-3-8(4-2-7)13-5-9(10(14)15)12-6-13/h1-6H,(H,14,15). The van der Waals surface area contributed by atoms with Gasteiger partial charge in [-0.2, -0.15) is 0 Å². The minimum atomic E-state index is -1.04. The van der Waals surface area contributed by atoms with Gasteiger partial charge in [-0.05, 0) is 24.3 Å². The fourth-order valence-electron chi connectivity index (χ4n) is 1.19. The first-order valence-corrected chi connectivity index (χ1v) is 4.58. The van der Waals surface area contributed by atoms with E-state index in [1.807, 2.05) is 0 Å². The molecule has 0 bridgehead atoms. The van der Waals surface area contributed by atoms with Crippen molar-refractivity contribution < 1.29 is 9.90 Å². The van der Waals surface area contributed by atoms with Crippen LogP contribution in [0.1, 0.15) is 10.5 Å². The lowest BCUT2D eigenvalue weighted by Gasteiger charge is -2.00. The molecule has 0 aliphatic rings. The number of aromatic carboxylic acids is 1. The Balaban J connectivity index is 2.37. The molecule has 0 amide bonds. The predicted octanol–water partition coefficient (Wildman–Crippen LogP) is 2.22. The molecule has 2 aromatic rings. The summed E-state index contributed by atoms with van der Waals surface area (Å²) in [6.45, 7) is 0. The number of carbonyl (C=O) groups is 1. The number of imidazole rings is 1. The summed E-state index contributed by atoms with van der Waals surface area (Å²) in [6.07, 6.45) is 2.90. The Hall–Kier alpha value is -1.81. The van der Waals surface area contributed by atoms with Gasteiger partial charge in [0, 0.05) is 16.9 Å². The van der Waals surface area contributed by atoms with Gasteiger partial charge in [-0.3, -0.25) is 0 Å². The maximum atomic E-state index is 10.6. The van der Waals surface area contributed by atoms with E-state index in [1.54, 1.807) is 28.8 Å². The highest BCUT2D eigenvalue weighted by molar-refractivity contribution is 6.30. The number of carboxylic acid groups (broad SMARTS) is 1. The first-order chi connectivity index (χ1) is 7.16. The van der Waals surface area contributed by atoms with Crippen LogP contribution in [0.3, 0.4) is 0 Å². The van der Waals surface area contributed by atoms with Gasteiger partial charge in [0.25, 0.3) is 0 Å². The molecule has 0 atom stereocenters. The Bertz CT molecular complexity index is 490. The van der Waals surface area contributed by atoms with Crippen molar-refractivity contribution >= 4 is 17.6 Å². The number of carboxylic acids is 1. The van der Waals surface area contributed by atoms with Crippen LogP contribution in [0, 0.1) is 0 Å². The molecule has 0 spiro atoms. The van der Waals surface area contributed by atoms with Gasteiger partial charge in [0.2, 0.25) is 0 Å². The van der Waals surface area contributed by atoms with Crippen molar-refractivity contribution in [1.29, 1.82) is 0 Å². The van der Waals surface area contributed by atoms with Gasteiger partial charge < -0.3 is 9.67 Å². The number of hydrogen-bond acceptors (Lipinski definition) is 2. The number of nitrogens with zero attached hydrogens (tertiary/aromatic N) is 2. The van der Waals surface area contributed by atoms with Crippen LogP contribution < -0.4 is 0 Å².